The maximum Gasteiger partial charge on any atom is 0.118 e. The fourth-order valence-corrected chi connectivity index (χ4v) is 3.69. The summed E-state index contributed by atoms with van der Waals surface area (Å²) in [6.07, 6.45) is 0. The highest BCUT2D eigenvalue weighted by Crippen LogP contribution is 2.28. The molecule has 0 radical (unpaired) electrons. The Morgan fingerprint density at radius 1 is 0.733 bits per heavy atom. The van der Waals surface area contributed by atoms with Crippen LogP contribution in [0.1, 0.15) is 16.7 Å². The first-order valence-electron chi connectivity index (χ1n) is 9.66. The summed E-state index contributed by atoms with van der Waals surface area (Å²) >= 11 is 6.54. The van der Waals surface area contributed by atoms with E-state index < -0.39 is 0 Å². The van der Waals surface area contributed by atoms with E-state index in [0.717, 1.165) is 28.1 Å². The normalized spacial score (nSPS) is 11.3. The summed E-state index contributed by atoms with van der Waals surface area (Å²) in [7, 11) is 0. The molecule has 4 heteroatoms. The summed E-state index contributed by atoms with van der Waals surface area (Å²) in [5, 5.41) is 17.0. The molecule has 0 saturated carbocycles. The van der Waals surface area contributed by atoms with E-state index in [4.69, 9.17) is 11.6 Å². The predicted molar refractivity (Wildman–Crippen MR) is 125 cm³/mol. The Hall–Kier alpha value is -3.56. The molecule has 148 valence electrons. The third-order valence-corrected chi connectivity index (χ3v) is 5.32. The molecule has 0 unspecified atom stereocenters. The number of hydrogen-bond donors (Lipinski definition) is 2. The average molecular weight is 413 g/mol. The van der Waals surface area contributed by atoms with Crippen LogP contribution >= 0.6 is 11.6 Å². The summed E-state index contributed by atoms with van der Waals surface area (Å²) in [6.45, 7) is 1.98. The molecule has 0 saturated heterocycles. The average Bonchev–Trinajstić information content (AvgIpc) is 2.78. The van der Waals surface area contributed by atoms with Crippen molar-refractivity contribution in [3.05, 3.63) is 119 Å². The maximum atomic E-state index is 9.62. The van der Waals surface area contributed by atoms with Gasteiger partial charge in [-0.2, -0.15) is 0 Å². The molecule has 0 aliphatic heterocycles. The van der Waals surface area contributed by atoms with Crippen molar-refractivity contribution < 1.29 is 5.21 Å². The van der Waals surface area contributed by atoms with Crippen LogP contribution in [0, 0.1) is 6.92 Å². The molecule has 0 aromatic heterocycles. The lowest BCUT2D eigenvalue weighted by molar-refractivity contribution is 0.319. The van der Waals surface area contributed by atoms with E-state index in [-0.39, 0.29) is 0 Å². The van der Waals surface area contributed by atoms with E-state index in [1.807, 2.05) is 79.7 Å². The molecule has 0 atom stereocenters. The first-order chi connectivity index (χ1) is 14.7. The lowest BCUT2D eigenvalue weighted by Gasteiger charge is -2.12. The Balaban J connectivity index is 1.56. The standard InChI is InChI=1S/C26H21ClN2O/c1-18-7-5-6-10-23(18)26(29-30)24-16-15-22(17-25(24)27)28-21-13-11-20(12-14-21)19-8-3-2-4-9-19/h2-17,28,30H,1H3. The van der Waals surface area contributed by atoms with Crippen LogP contribution in [0.4, 0.5) is 11.4 Å². The lowest BCUT2D eigenvalue weighted by Crippen LogP contribution is -2.06. The molecule has 0 amide bonds. The van der Waals surface area contributed by atoms with Crippen LogP contribution in [-0.4, -0.2) is 10.9 Å². The minimum absolute atomic E-state index is 0.455. The van der Waals surface area contributed by atoms with E-state index >= 15 is 0 Å². The van der Waals surface area contributed by atoms with Gasteiger partial charge in [-0.15, -0.1) is 0 Å². The van der Waals surface area contributed by atoms with Gasteiger partial charge in [-0.05, 0) is 53.9 Å². The van der Waals surface area contributed by atoms with E-state index in [0.29, 0.717) is 16.3 Å². The highest BCUT2D eigenvalue weighted by molar-refractivity contribution is 6.35. The number of oxime groups is 1. The lowest BCUT2D eigenvalue weighted by atomic mass is 9.98. The minimum atomic E-state index is 0.455. The third-order valence-electron chi connectivity index (χ3n) is 5.01. The number of benzene rings is 4. The predicted octanol–water partition coefficient (Wildman–Crippen LogP) is 7.29. The molecular weight excluding hydrogens is 392 g/mol. The molecule has 0 heterocycles. The fourth-order valence-electron chi connectivity index (χ4n) is 3.42. The van der Waals surface area contributed by atoms with Crippen molar-refractivity contribution in [1.29, 1.82) is 0 Å². The molecule has 3 nitrogen and oxygen atoms in total. The second-order valence-electron chi connectivity index (χ2n) is 7.03. The Morgan fingerprint density at radius 2 is 1.37 bits per heavy atom. The number of rotatable bonds is 5. The van der Waals surface area contributed by atoms with Gasteiger partial charge in [-0.25, -0.2) is 0 Å². The first kappa shape index (κ1) is 19.7. The first-order valence-corrected chi connectivity index (χ1v) is 10.0. The van der Waals surface area contributed by atoms with E-state index in [1.54, 1.807) is 0 Å². The molecular formula is C26H21ClN2O. The van der Waals surface area contributed by atoms with Crippen molar-refractivity contribution in [2.24, 2.45) is 5.16 Å². The van der Waals surface area contributed by atoms with Crippen LogP contribution in [0.15, 0.2) is 102 Å². The van der Waals surface area contributed by atoms with Crippen LogP contribution in [0.25, 0.3) is 11.1 Å². The van der Waals surface area contributed by atoms with E-state index in [9.17, 15) is 5.21 Å². The van der Waals surface area contributed by atoms with Crippen LogP contribution < -0.4 is 5.32 Å². The van der Waals surface area contributed by atoms with Crippen molar-refractivity contribution in [2.45, 2.75) is 6.92 Å². The Morgan fingerprint density at radius 3 is 2.03 bits per heavy atom. The van der Waals surface area contributed by atoms with Crippen molar-refractivity contribution in [3.63, 3.8) is 0 Å². The van der Waals surface area contributed by atoms with Gasteiger partial charge in [0.15, 0.2) is 0 Å². The number of halogens is 1. The minimum Gasteiger partial charge on any atom is -0.410 e. The number of nitrogens with one attached hydrogen (secondary N) is 1. The topological polar surface area (TPSA) is 44.6 Å². The van der Waals surface area contributed by atoms with Gasteiger partial charge < -0.3 is 10.5 Å². The van der Waals surface area contributed by atoms with Crippen LogP contribution in [0.2, 0.25) is 5.02 Å². The van der Waals surface area contributed by atoms with Gasteiger partial charge in [0.25, 0.3) is 0 Å². The number of hydrogen-bond acceptors (Lipinski definition) is 3. The van der Waals surface area contributed by atoms with Crippen molar-refractivity contribution in [1.82, 2.24) is 0 Å². The number of anilines is 2. The van der Waals surface area contributed by atoms with Gasteiger partial charge in [0.05, 0.1) is 5.02 Å². The van der Waals surface area contributed by atoms with Gasteiger partial charge in [0.2, 0.25) is 0 Å². The number of aryl methyl sites for hydroxylation is 1. The molecule has 0 fully saturated rings. The Bertz CT molecular complexity index is 1190. The molecule has 4 rings (SSSR count). The van der Waals surface area contributed by atoms with E-state index in [1.165, 1.54) is 5.56 Å². The zero-order valence-corrected chi connectivity index (χ0v) is 17.3. The van der Waals surface area contributed by atoms with Gasteiger partial charge in [-0.1, -0.05) is 83.5 Å². The fraction of sp³-hybridized carbons (Fsp3) is 0.0385. The quantitative estimate of drug-likeness (QED) is 0.205. The highest BCUT2D eigenvalue weighted by Gasteiger charge is 2.14. The second-order valence-corrected chi connectivity index (χ2v) is 7.43. The molecule has 2 N–H and O–H groups in total. The zero-order valence-electron chi connectivity index (χ0n) is 16.5. The Kier molecular flexibility index (Phi) is 5.82. The molecule has 0 aliphatic rings. The number of nitrogens with zero attached hydrogens (tertiary/aromatic N) is 1. The van der Waals surface area contributed by atoms with Gasteiger partial charge in [-0.3, -0.25) is 0 Å². The molecule has 0 spiro atoms. The van der Waals surface area contributed by atoms with Crippen LogP contribution in [-0.2, 0) is 0 Å². The SMILES string of the molecule is Cc1ccccc1C(=NO)c1ccc(Nc2ccc(-c3ccccc3)cc2)cc1Cl. The largest absolute Gasteiger partial charge is 0.410 e. The summed E-state index contributed by atoms with van der Waals surface area (Å²) in [5.74, 6) is 0. The molecule has 4 aromatic rings. The summed E-state index contributed by atoms with van der Waals surface area (Å²) in [6, 6.07) is 31.9. The summed E-state index contributed by atoms with van der Waals surface area (Å²) in [4.78, 5) is 0. The second kappa shape index (κ2) is 8.85. The van der Waals surface area contributed by atoms with Crippen molar-refractivity contribution >= 4 is 28.7 Å². The van der Waals surface area contributed by atoms with Gasteiger partial charge in [0.1, 0.15) is 5.71 Å². The maximum absolute atomic E-state index is 9.62. The van der Waals surface area contributed by atoms with Crippen molar-refractivity contribution in [3.8, 4) is 11.1 Å². The monoisotopic (exact) mass is 412 g/mol. The highest BCUT2D eigenvalue weighted by atomic mass is 35.5. The summed E-state index contributed by atoms with van der Waals surface area (Å²) in [5.41, 5.74) is 7.17. The molecule has 0 bridgehead atoms. The molecule has 4 aromatic carbocycles. The van der Waals surface area contributed by atoms with E-state index in [2.05, 4.69) is 34.7 Å². The van der Waals surface area contributed by atoms with Gasteiger partial charge in [0, 0.05) is 22.5 Å². The molecule has 30 heavy (non-hydrogen) atoms. The van der Waals surface area contributed by atoms with Gasteiger partial charge >= 0.3 is 0 Å². The van der Waals surface area contributed by atoms with Crippen LogP contribution in [0.5, 0.6) is 0 Å². The molecule has 0 aliphatic carbocycles. The van der Waals surface area contributed by atoms with Crippen LogP contribution in [0.3, 0.4) is 0 Å². The third kappa shape index (κ3) is 4.22. The zero-order chi connectivity index (χ0) is 20.9. The Labute approximate surface area is 181 Å². The smallest absolute Gasteiger partial charge is 0.118 e. The van der Waals surface area contributed by atoms with Crippen molar-refractivity contribution in [2.75, 3.05) is 5.32 Å². The summed E-state index contributed by atoms with van der Waals surface area (Å²) < 4.78 is 0.